The Balaban J connectivity index is 1.82. The Bertz CT molecular complexity index is 504. The van der Waals surface area contributed by atoms with E-state index in [0.717, 1.165) is 18.4 Å². The molecule has 1 saturated heterocycles. The van der Waals surface area contributed by atoms with E-state index in [1.807, 2.05) is 0 Å². The van der Waals surface area contributed by atoms with Gasteiger partial charge in [-0.25, -0.2) is 9.18 Å². The minimum atomic E-state index is -0.825. The van der Waals surface area contributed by atoms with Crippen molar-refractivity contribution in [2.24, 2.45) is 5.92 Å². The van der Waals surface area contributed by atoms with Crippen LogP contribution in [-0.4, -0.2) is 35.1 Å². The largest absolute Gasteiger partial charge is 0.481 e. The molecule has 2 amide bonds. The number of aliphatic carboxylic acids is 1. The fraction of sp³-hybridized carbons (Fsp3) is 0.467. The smallest absolute Gasteiger partial charge is 0.317 e. The van der Waals surface area contributed by atoms with Crippen LogP contribution in [0.2, 0.25) is 0 Å². The predicted molar refractivity (Wildman–Crippen MR) is 75.2 cm³/mol. The first-order valence-electron chi connectivity index (χ1n) is 7.03. The molecular formula is C15H19FN2O3. The zero-order valence-electron chi connectivity index (χ0n) is 11.7. The zero-order chi connectivity index (χ0) is 15.2. The maximum absolute atomic E-state index is 12.8. The number of likely N-dealkylation sites (tertiary alicyclic amines) is 1. The van der Waals surface area contributed by atoms with Crippen molar-refractivity contribution in [1.29, 1.82) is 0 Å². The molecule has 0 spiro atoms. The number of carbonyl (C=O) groups excluding carboxylic acids is 1. The summed E-state index contributed by atoms with van der Waals surface area (Å²) < 4.78 is 12.8. The van der Waals surface area contributed by atoms with Crippen LogP contribution < -0.4 is 5.32 Å². The van der Waals surface area contributed by atoms with E-state index in [1.54, 1.807) is 17.0 Å². The number of rotatable bonds is 4. The number of carboxylic acids is 1. The molecule has 1 fully saturated rings. The second kappa shape index (κ2) is 7.06. The lowest BCUT2D eigenvalue weighted by Gasteiger charge is -2.32. The normalized spacial score (nSPS) is 18.3. The molecule has 0 bridgehead atoms. The summed E-state index contributed by atoms with van der Waals surface area (Å²) in [7, 11) is 0. The Morgan fingerprint density at radius 2 is 2.05 bits per heavy atom. The molecule has 0 saturated carbocycles. The van der Waals surface area contributed by atoms with Gasteiger partial charge < -0.3 is 15.3 Å². The number of carboxylic acid groups (broad SMARTS) is 1. The number of urea groups is 1. The Hall–Kier alpha value is -2.11. The van der Waals surface area contributed by atoms with Gasteiger partial charge >= 0.3 is 12.0 Å². The summed E-state index contributed by atoms with van der Waals surface area (Å²) in [5.41, 5.74) is 0.823. The highest BCUT2D eigenvalue weighted by molar-refractivity contribution is 5.74. The Morgan fingerprint density at radius 1 is 1.33 bits per heavy atom. The van der Waals surface area contributed by atoms with Crippen molar-refractivity contribution in [1.82, 2.24) is 10.2 Å². The van der Waals surface area contributed by atoms with E-state index >= 15 is 0 Å². The van der Waals surface area contributed by atoms with Crippen LogP contribution in [-0.2, 0) is 11.3 Å². The number of halogens is 1. The van der Waals surface area contributed by atoms with Gasteiger partial charge in [-0.05, 0) is 36.5 Å². The highest BCUT2D eigenvalue weighted by Crippen LogP contribution is 2.19. The molecule has 1 atom stereocenters. The minimum absolute atomic E-state index is 0.0211. The van der Waals surface area contributed by atoms with E-state index < -0.39 is 5.97 Å². The molecule has 0 radical (unpaired) electrons. The Kier molecular flexibility index (Phi) is 5.14. The van der Waals surface area contributed by atoms with Gasteiger partial charge in [-0.2, -0.15) is 0 Å². The quantitative estimate of drug-likeness (QED) is 0.894. The third-order valence-corrected chi connectivity index (χ3v) is 3.63. The fourth-order valence-corrected chi connectivity index (χ4v) is 2.55. The summed E-state index contributed by atoms with van der Waals surface area (Å²) in [6.07, 6.45) is 1.76. The first-order chi connectivity index (χ1) is 10.0. The maximum atomic E-state index is 12.8. The Morgan fingerprint density at radius 3 is 2.71 bits per heavy atom. The van der Waals surface area contributed by atoms with Crippen LogP contribution in [0.5, 0.6) is 0 Å². The van der Waals surface area contributed by atoms with Crippen LogP contribution in [0.25, 0.3) is 0 Å². The van der Waals surface area contributed by atoms with Crippen LogP contribution in [0.3, 0.4) is 0 Å². The van der Waals surface area contributed by atoms with Crippen molar-refractivity contribution in [2.45, 2.75) is 25.8 Å². The van der Waals surface area contributed by atoms with E-state index in [1.165, 1.54) is 12.1 Å². The fourth-order valence-electron chi connectivity index (χ4n) is 2.55. The van der Waals surface area contributed by atoms with Crippen molar-refractivity contribution in [3.63, 3.8) is 0 Å². The molecule has 6 heteroatoms. The standard InChI is InChI=1S/C15H19FN2O3/c16-13-5-3-11(4-6-13)9-17-15(21)18-7-1-2-12(10-18)8-14(19)20/h3-6,12H,1-2,7-10H2,(H,17,21)(H,19,20). The molecular weight excluding hydrogens is 275 g/mol. The molecule has 1 unspecified atom stereocenters. The third-order valence-electron chi connectivity index (χ3n) is 3.63. The summed E-state index contributed by atoms with van der Waals surface area (Å²) >= 11 is 0. The number of benzene rings is 1. The van der Waals surface area contributed by atoms with Crippen molar-refractivity contribution in [2.75, 3.05) is 13.1 Å². The van der Waals surface area contributed by atoms with Gasteiger partial charge in [0, 0.05) is 26.1 Å². The molecule has 2 rings (SSSR count). The lowest BCUT2D eigenvalue weighted by molar-refractivity contribution is -0.138. The second-order valence-electron chi connectivity index (χ2n) is 5.34. The highest BCUT2D eigenvalue weighted by atomic mass is 19.1. The summed E-state index contributed by atoms with van der Waals surface area (Å²) in [6.45, 7) is 1.45. The van der Waals surface area contributed by atoms with Crippen LogP contribution in [0.4, 0.5) is 9.18 Å². The average Bonchev–Trinajstić information content (AvgIpc) is 2.46. The summed E-state index contributed by atoms with van der Waals surface area (Å²) in [5.74, 6) is -1.11. The molecule has 114 valence electrons. The Labute approximate surface area is 122 Å². The molecule has 21 heavy (non-hydrogen) atoms. The molecule has 1 aromatic rings. The van der Waals surface area contributed by atoms with E-state index in [4.69, 9.17) is 5.11 Å². The number of hydrogen-bond acceptors (Lipinski definition) is 2. The van der Waals surface area contributed by atoms with Gasteiger partial charge in [0.1, 0.15) is 5.82 Å². The minimum Gasteiger partial charge on any atom is -0.481 e. The molecule has 1 aliphatic rings. The van der Waals surface area contributed by atoms with E-state index in [0.29, 0.717) is 19.6 Å². The molecule has 1 aliphatic heterocycles. The van der Waals surface area contributed by atoms with Crippen LogP contribution >= 0.6 is 0 Å². The van der Waals surface area contributed by atoms with Crippen molar-refractivity contribution in [3.8, 4) is 0 Å². The number of nitrogens with zero attached hydrogens (tertiary/aromatic N) is 1. The average molecular weight is 294 g/mol. The van der Waals surface area contributed by atoms with E-state index in [-0.39, 0.29) is 24.2 Å². The van der Waals surface area contributed by atoms with Crippen LogP contribution in [0.1, 0.15) is 24.8 Å². The number of carbonyl (C=O) groups is 2. The van der Waals surface area contributed by atoms with E-state index in [9.17, 15) is 14.0 Å². The molecule has 0 aliphatic carbocycles. The lowest BCUT2D eigenvalue weighted by atomic mass is 9.95. The van der Waals surface area contributed by atoms with E-state index in [2.05, 4.69) is 5.32 Å². The van der Waals surface area contributed by atoms with Gasteiger partial charge in [0.25, 0.3) is 0 Å². The van der Waals surface area contributed by atoms with Gasteiger partial charge in [-0.3, -0.25) is 4.79 Å². The number of amides is 2. The third kappa shape index (κ3) is 4.73. The van der Waals surface area contributed by atoms with Gasteiger partial charge in [0.15, 0.2) is 0 Å². The molecule has 0 aromatic heterocycles. The SMILES string of the molecule is O=C(O)CC1CCCN(C(=O)NCc2ccc(F)cc2)C1. The number of hydrogen-bond donors (Lipinski definition) is 2. The topological polar surface area (TPSA) is 69.6 Å². The summed E-state index contributed by atoms with van der Waals surface area (Å²) in [5, 5.41) is 11.6. The maximum Gasteiger partial charge on any atom is 0.317 e. The highest BCUT2D eigenvalue weighted by Gasteiger charge is 2.24. The van der Waals surface area contributed by atoms with Crippen LogP contribution in [0, 0.1) is 11.7 Å². The van der Waals surface area contributed by atoms with Gasteiger partial charge in [0.05, 0.1) is 0 Å². The van der Waals surface area contributed by atoms with Crippen molar-refractivity contribution in [3.05, 3.63) is 35.6 Å². The van der Waals surface area contributed by atoms with Gasteiger partial charge in [-0.15, -0.1) is 0 Å². The second-order valence-corrected chi connectivity index (χ2v) is 5.34. The van der Waals surface area contributed by atoms with Crippen molar-refractivity contribution >= 4 is 12.0 Å². The first-order valence-corrected chi connectivity index (χ1v) is 7.03. The monoisotopic (exact) mass is 294 g/mol. The number of piperidine rings is 1. The number of nitrogens with one attached hydrogen (secondary N) is 1. The predicted octanol–water partition coefficient (Wildman–Crippen LogP) is 2.22. The molecule has 2 N–H and O–H groups in total. The van der Waals surface area contributed by atoms with Crippen LogP contribution in [0.15, 0.2) is 24.3 Å². The lowest BCUT2D eigenvalue weighted by Crippen LogP contribution is -2.45. The summed E-state index contributed by atoms with van der Waals surface area (Å²) in [6, 6.07) is 5.75. The zero-order valence-corrected chi connectivity index (χ0v) is 11.7. The summed E-state index contributed by atoms with van der Waals surface area (Å²) in [4.78, 5) is 24.4. The van der Waals surface area contributed by atoms with Gasteiger partial charge in [-0.1, -0.05) is 12.1 Å². The van der Waals surface area contributed by atoms with Crippen molar-refractivity contribution < 1.29 is 19.1 Å². The first kappa shape index (κ1) is 15.3. The molecule has 1 heterocycles. The molecule has 5 nitrogen and oxygen atoms in total. The molecule has 1 aromatic carbocycles. The van der Waals surface area contributed by atoms with Gasteiger partial charge in [0.2, 0.25) is 0 Å².